The van der Waals surface area contributed by atoms with Gasteiger partial charge < -0.3 is 14.4 Å². The van der Waals surface area contributed by atoms with E-state index in [0.717, 1.165) is 44.5 Å². The molecule has 0 spiro atoms. The first-order chi connectivity index (χ1) is 16.9. The number of thioether (sulfide) groups is 1. The van der Waals surface area contributed by atoms with Crippen LogP contribution in [0.1, 0.15) is 56.0 Å². The van der Waals surface area contributed by atoms with Crippen molar-refractivity contribution < 1.29 is 31.9 Å². The topological polar surface area (TPSA) is 51.1 Å². The third kappa shape index (κ3) is 5.82. The molecule has 0 N–H and O–H groups in total. The average Bonchev–Trinajstić information content (AvgIpc) is 3.54. The molecule has 198 valence electrons. The van der Waals surface area contributed by atoms with Crippen LogP contribution >= 0.6 is 11.8 Å². The van der Waals surface area contributed by atoms with Gasteiger partial charge in [0.1, 0.15) is 30.1 Å². The summed E-state index contributed by atoms with van der Waals surface area (Å²) in [6, 6.07) is 3.06. The number of hydrogen-bond acceptors (Lipinski definition) is 5. The molecule has 4 rings (SSSR count). The molecule has 0 radical (unpaired) electrons. The van der Waals surface area contributed by atoms with Crippen molar-refractivity contribution >= 4 is 22.8 Å². The lowest BCUT2D eigenvalue weighted by Crippen LogP contribution is -2.60. The molecular weight excluding hydrogens is 491 g/mol. The van der Waals surface area contributed by atoms with Crippen LogP contribution < -0.4 is 4.74 Å². The Hall–Kier alpha value is -1.88. The quantitative estimate of drug-likeness (QED) is 0.456. The van der Waals surface area contributed by atoms with Crippen molar-refractivity contribution in [2.75, 3.05) is 39.9 Å². The van der Waals surface area contributed by atoms with Crippen LogP contribution in [0.5, 0.6) is 5.75 Å². The van der Waals surface area contributed by atoms with E-state index in [9.17, 15) is 18.0 Å². The molecule has 1 amide bonds. The Morgan fingerprint density at radius 3 is 2.67 bits per heavy atom. The second kappa shape index (κ2) is 10.5. The van der Waals surface area contributed by atoms with Crippen molar-refractivity contribution in [2.24, 2.45) is 10.9 Å². The molecule has 0 aliphatic carbocycles. The monoisotopic (exact) mass is 526 g/mol. The molecule has 2 fully saturated rings. The molecule has 3 aliphatic heterocycles. The van der Waals surface area contributed by atoms with E-state index in [0.29, 0.717) is 29.4 Å². The Labute approximate surface area is 215 Å². The summed E-state index contributed by atoms with van der Waals surface area (Å²) in [4.78, 5) is 20.1. The van der Waals surface area contributed by atoms with Gasteiger partial charge >= 0.3 is 6.18 Å². The molecule has 0 aromatic heterocycles. The number of quaternary nitrogens is 1. The number of aliphatic imine (C=N–C) groups is 1. The molecule has 3 aliphatic rings. The SMILES string of the molecule is CN1CC[C@H](COc2ccc(C(F)(F)F)cc2C(=O)N=C2SC=C[N+]2(C[C@H]2CCCO2)C(C)(C)C)C1. The van der Waals surface area contributed by atoms with Crippen molar-refractivity contribution in [3.63, 3.8) is 0 Å². The van der Waals surface area contributed by atoms with Crippen LogP contribution in [0.4, 0.5) is 13.2 Å². The molecular formula is C26H35F3N3O3S+. The van der Waals surface area contributed by atoms with Crippen LogP contribution in [-0.2, 0) is 10.9 Å². The molecule has 1 aromatic rings. The van der Waals surface area contributed by atoms with Gasteiger partial charge in [-0.15, -0.1) is 4.99 Å². The molecule has 1 unspecified atom stereocenters. The fraction of sp³-hybridized carbons (Fsp3) is 0.615. The van der Waals surface area contributed by atoms with Crippen molar-refractivity contribution in [3.05, 3.63) is 40.9 Å². The highest BCUT2D eigenvalue weighted by molar-refractivity contribution is 8.16. The Kier molecular flexibility index (Phi) is 7.90. The van der Waals surface area contributed by atoms with E-state index in [1.165, 1.54) is 17.8 Å². The number of nitrogens with zero attached hydrogens (tertiary/aromatic N) is 3. The maximum Gasteiger partial charge on any atom is 0.416 e. The third-order valence-corrected chi connectivity index (χ3v) is 8.13. The van der Waals surface area contributed by atoms with Gasteiger partial charge in [0.25, 0.3) is 11.1 Å². The lowest BCUT2D eigenvalue weighted by molar-refractivity contribution is -0.838. The zero-order chi connectivity index (χ0) is 26.1. The minimum absolute atomic E-state index is 0.0323. The Balaban J connectivity index is 1.66. The van der Waals surface area contributed by atoms with Gasteiger partial charge in [0.2, 0.25) is 0 Å². The predicted molar refractivity (Wildman–Crippen MR) is 135 cm³/mol. The molecule has 2 saturated heterocycles. The highest BCUT2D eigenvalue weighted by Crippen LogP contribution is 2.40. The largest absolute Gasteiger partial charge is 0.492 e. The lowest BCUT2D eigenvalue weighted by Gasteiger charge is -2.43. The van der Waals surface area contributed by atoms with Gasteiger partial charge in [-0.2, -0.15) is 13.2 Å². The number of amides is 1. The lowest BCUT2D eigenvalue weighted by atomic mass is 10.0. The Bertz CT molecular complexity index is 1030. The molecule has 3 heterocycles. The number of rotatable bonds is 6. The molecule has 36 heavy (non-hydrogen) atoms. The first-order valence-corrected chi connectivity index (χ1v) is 13.3. The number of likely N-dealkylation sites (tertiary alicyclic amines) is 1. The smallest absolute Gasteiger partial charge is 0.416 e. The van der Waals surface area contributed by atoms with E-state index in [2.05, 4.69) is 30.7 Å². The van der Waals surface area contributed by atoms with Gasteiger partial charge in [0.05, 0.1) is 17.7 Å². The summed E-state index contributed by atoms with van der Waals surface area (Å²) in [6.07, 6.45) is 0.323. The van der Waals surface area contributed by atoms with Crippen LogP contribution in [0.25, 0.3) is 0 Å². The highest BCUT2D eigenvalue weighted by atomic mass is 32.2. The average molecular weight is 527 g/mol. The van der Waals surface area contributed by atoms with E-state index in [1.54, 1.807) is 0 Å². The van der Waals surface area contributed by atoms with Gasteiger partial charge in [-0.05, 0) is 83.6 Å². The van der Waals surface area contributed by atoms with Gasteiger partial charge in [0, 0.05) is 24.5 Å². The summed E-state index contributed by atoms with van der Waals surface area (Å²) in [6.45, 7) is 9.65. The Morgan fingerprint density at radius 2 is 2.06 bits per heavy atom. The van der Waals surface area contributed by atoms with E-state index in [1.807, 2.05) is 18.7 Å². The summed E-state index contributed by atoms with van der Waals surface area (Å²) < 4.78 is 52.7. The molecule has 6 nitrogen and oxygen atoms in total. The minimum atomic E-state index is -4.58. The van der Waals surface area contributed by atoms with Gasteiger partial charge in [-0.3, -0.25) is 4.79 Å². The van der Waals surface area contributed by atoms with Crippen LogP contribution in [0, 0.1) is 5.92 Å². The fourth-order valence-corrected chi connectivity index (χ4v) is 6.14. The summed E-state index contributed by atoms with van der Waals surface area (Å²) in [5.74, 6) is -0.335. The molecule has 0 bridgehead atoms. The number of halogens is 3. The van der Waals surface area contributed by atoms with Crippen molar-refractivity contribution in [2.45, 2.75) is 57.9 Å². The van der Waals surface area contributed by atoms with Crippen LogP contribution in [0.3, 0.4) is 0 Å². The predicted octanol–water partition coefficient (Wildman–Crippen LogP) is 5.54. The van der Waals surface area contributed by atoms with E-state index < -0.39 is 17.6 Å². The molecule has 0 saturated carbocycles. The first kappa shape index (κ1) is 27.2. The normalized spacial score (nSPS) is 28.4. The number of carbonyl (C=O) groups is 1. The maximum atomic E-state index is 13.5. The van der Waals surface area contributed by atoms with E-state index in [4.69, 9.17) is 9.47 Å². The number of ether oxygens (including phenoxy) is 2. The summed E-state index contributed by atoms with van der Waals surface area (Å²) in [5, 5.41) is 2.43. The number of hydrogen-bond donors (Lipinski definition) is 0. The zero-order valence-electron chi connectivity index (χ0n) is 21.3. The second-order valence-corrected chi connectivity index (χ2v) is 11.8. The van der Waals surface area contributed by atoms with Gasteiger partial charge in [-0.1, -0.05) is 0 Å². The van der Waals surface area contributed by atoms with Crippen molar-refractivity contribution in [1.82, 2.24) is 4.90 Å². The summed E-state index contributed by atoms with van der Waals surface area (Å²) >= 11 is 1.33. The van der Waals surface area contributed by atoms with Crippen molar-refractivity contribution in [3.8, 4) is 5.75 Å². The fourth-order valence-electron chi connectivity index (χ4n) is 5.02. The Morgan fingerprint density at radius 1 is 1.28 bits per heavy atom. The third-order valence-electron chi connectivity index (χ3n) is 7.24. The van der Waals surface area contributed by atoms with Gasteiger partial charge in [-0.25, -0.2) is 4.48 Å². The highest BCUT2D eigenvalue weighted by Gasteiger charge is 2.49. The van der Waals surface area contributed by atoms with Crippen LogP contribution in [0.2, 0.25) is 0 Å². The number of alkyl halides is 3. The summed E-state index contributed by atoms with van der Waals surface area (Å²) in [7, 11) is 2.02. The van der Waals surface area contributed by atoms with E-state index in [-0.39, 0.29) is 28.9 Å². The minimum Gasteiger partial charge on any atom is -0.492 e. The number of benzene rings is 1. The summed E-state index contributed by atoms with van der Waals surface area (Å²) in [5.41, 5.74) is -1.40. The standard InChI is InChI=1S/C26H35F3N3O3S/c1-25(2,3)32(16-20-6-5-12-34-20)11-13-36-24(32)30-23(33)21-14-19(26(27,28)29)7-8-22(21)35-17-18-9-10-31(4)15-18/h7-8,11,13-14,18,20H,5-6,9-10,12,15-17H2,1-4H3/q+1/t18-,20+,32?/m0/s1. The van der Waals surface area contributed by atoms with E-state index >= 15 is 0 Å². The second-order valence-electron chi connectivity index (χ2n) is 10.9. The number of amidine groups is 1. The molecule has 10 heteroatoms. The maximum absolute atomic E-state index is 13.5. The number of carbonyl (C=O) groups excluding carboxylic acids is 1. The first-order valence-electron chi connectivity index (χ1n) is 12.4. The van der Waals surface area contributed by atoms with Crippen molar-refractivity contribution in [1.29, 1.82) is 0 Å². The van der Waals surface area contributed by atoms with Gasteiger partial charge in [0.15, 0.2) is 0 Å². The molecule has 3 atom stereocenters. The van der Waals surface area contributed by atoms with Crippen LogP contribution in [0.15, 0.2) is 34.8 Å². The zero-order valence-corrected chi connectivity index (χ0v) is 22.1. The molecule has 1 aromatic carbocycles. The van der Waals surface area contributed by atoms with Crippen LogP contribution in [-0.4, -0.2) is 72.0 Å².